The molecule has 0 spiro atoms. The lowest BCUT2D eigenvalue weighted by Crippen LogP contribution is -1.89. The zero-order chi connectivity index (χ0) is 13.7. The molecule has 7 nitrogen and oxygen atoms in total. The van der Waals surface area contributed by atoms with Crippen molar-refractivity contribution in [2.24, 2.45) is 0 Å². The van der Waals surface area contributed by atoms with E-state index in [4.69, 9.17) is 9.63 Å². The fourth-order valence-electron chi connectivity index (χ4n) is 1.59. The smallest absolute Gasteiger partial charge is 0.269 e. The second kappa shape index (κ2) is 6.05. The van der Waals surface area contributed by atoms with Gasteiger partial charge < -0.3 is 9.63 Å². The molecule has 1 N–H and O–H groups in total. The largest absolute Gasteiger partial charge is 0.396 e. The minimum atomic E-state index is -0.458. The number of nitro groups is 1. The van der Waals surface area contributed by atoms with Crippen LogP contribution < -0.4 is 0 Å². The van der Waals surface area contributed by atoms with Crippen molar-refractivity contribution in [2.45, 2.75) is 19.3 Å². The number of rotatable bonds is 6. The van der Waals surface area contributed by atoms with Crippen LogP contribution in [0.2, 0.25) is 0 Å². The molecule has 0 saturated carbocycles. The number of benzene rings is 1. The van der Waals surface area contributed by atoms with Gasteiger partial charge in [-0.3, -0.25) is 10.1 Å². The minimum absolute atomic E-state index is 0.0235. The first-order valence-electron chi connectivity index (χ1n) is 5.89. The van der Waals surface area contributed by atoms with Gasteiger partial charge in [0.05, 0.1) is 4.92 Å². The van der Waals surface area contributed by atoms with Crippen LogP contribution in [0, 0.1) is 10.1 Å². The summed E-state index contributed by atoms with van der Waals surface area (Å²) >= 11 is 0. The Morgan fingerprint density at radius 1 is 1.26 bits per heavy atom. The van der Waals surface area contributed by atoms with Crippen molar-refractivity contribution in [1.29, 1.82) is 0 Å². The van der Waals surface area contributed by atoms with E-state index in [9.17, 15) is 10.1 Å². The van der Waals surface area contributed by atoms with Crippen LogP contribution >= 0.6 is 0 Å². The van der Waals surface area contributed by atoms with Gasteiger partial charge in [0.25, 0.3) is 5.69 Å². The number of hydrogen-bond donors (Lipinski definition) is 1. The summed E-state index contributed by atoms with van der Waals surface area (Å²) in [6, 6.07) is 5.97. The normalized spacial score (nSPS) is 10.6. The standard InChI is InChI=1S/C12H13N3O4/c16-8-2-1-3-11-13-12(14-19-11)9-4-6-10(7-5-9)15(17)18/h4-7,16H,1-3,8H2. The molecular formula is C12H13N3O4. The topological polar surface area (TPSA) is 102 Å². The van der Waals surface area contributed by atoms with Crippen LogP contribution in [0.4, 0.5) is 5.69 Å². The number of aliphatic hydroxyl groups is 1. The number of aromatic nitrogens is 2. The van der Waals surface area contributed by atoms with Gasteiger partial charge in [0.15, 0.2) is 0 Å². The number of aliphatic hydroxyl groups excluding tert-OH is 1. The van der Waals surface area contributed by atoms with Crippen molar-refractivity contribution in [3.63, 3.8) is 0 Å². The van der Waals surface area contributed by atoms with E-state index in [1.165, 1.54) is 12.1 Å². The molecule has 1 aromatic heterocycles. The molecule has 0 atom stereocenters. The van der Waals surface area contributed by atoms with Crippen LogP contribution in [0.3, 0.4) is 0 Å². The number of hydrogen-bond acceptors (Lipinski definition) is 6. The SMILES string of the molecule is O=[N+]([O-])c1ccc(-c2noc(CCCCO)n2)cc1. The number of non-ortho nitro benzene ring substituents is 1. The molecule has 0 aliphatic heterocycles. The fourth-order valence-corrected chi connectivity index (χ4v) is 1.59. The maximum Gasteiger partial charge on any atom is 0.269 e. The van der Waals surface area contributed by atoms with Crippen LogP contribution in [-0.2, 0) is 6.42 Å². The lowest BCUT2D eigenvalue weighted by atomic mass is 10.2. The Kier molecular flexibility index (Phi) is 4.19. The lowest BCUT2D eigenvalue weighted by Gasteiger charge is -1.94. The Hall–Kier alpha value is -2.28. The second-order valence-electron chi connectivity index (χ2n) is 4.00. The Morgan fingerprint density at radius 2 is 2.00 bits per heavy atom. The molecule has 0 radical (unpaired) electrons. The summed E-state index contributed by atoms with van der Waals surface area (Å²) in [5, 5.41) is 23.0. The summed E-state index contributed by atoms with van der Waals surface area (Å²) in [6.45, 7) is 0.142. The summed E-state index contributed by atoms with van der Waals surface area (Å²) in [4.78, 5) is 14.3. The number of unbranched alkanes of at least 4 members (excludes halogenated alkanes) is 1. The highest BCUT2D eigenvalue weighted by Gasteiger charge is 2.10. The maximum absolute atomic E-state index is 10.5. The highest BCUT2D eigenvalue weighted by molar-refractivity contribution is 5.56. The predicted molar refractivity (Wildman–Crippen MR) is 66.4 cm³/mol. The van der Waals surface area contributed by atoms with Crippen molar-refractivity contribution >= 4 is 5.69 Å². The number of aryl methyl sites for hydroxylation is 1. The maximum atomic E-state index is 10.5. The molecular weight excluding hydrogens is 250 g/mol. The van der Waals surface area contributed by atoms with Crippen molar-refractivity contribution in [3.05, 3.63) is 40.3 Å². The third kappa shape index (κ3) is 3.35. The van der Waals surface area contributed by atoms with Gasteiger partial charge in [-0.2, -0.15) is 4.98 Å². The Bertz CT molecular complexity index is 550. The van der Waals surface area contributed by atoms with Gasteiger partial charge in [0.2, 0.25) is 11.7 Å². The Morgan fingerprint density at radius 3 is 2.63 bits per heavy atom. The van der Waals surface area contributed by atoms with Gasteiger partial charge in [0, 0.05) is 30.7 Å². The van der Waals surface area contributed by atoms with Gasteiger partial charge >= 0.3 is 0 Å². The molecule has 0 fully saturated rings. The molecule has 0 amide bonds. The van der Waals surface area contributed by atoms with Crippen molar-refractivity contribution in [2.75, 3.05) is 6.61 Å². The Balaban J connectivity index is 2.07. The van der Waals surface area contributed by atoms with Gasteiger partial charge in [-0.25, -0.2) is 0 Å². The first kappa shape index (κ1) is 13.2. The fraction of sp³-hybridized carbons (Fsp3) is 0.333. The Labute approximate surface area is 109 Å². The van der Waals surface area contributed by atoms with Crippen molar-refractivity contribution in [3.8, 4) is 11.4 Å². The van der Waals surface area contributed by atoms with E-state index < -0.39 is 4.92 Å². The van der Waals surface area contributed by atoms with Crippen LogP contribution in [0.1, 0.15) is 18.7 Å². The van der Waals surface area contributed by atoms with Gasteiger partial charge in [-0.15, -0.1) is 0 Å². The summed E-state index contributed by atoms with van der Waals surface area (Å²) in [6.07, 6.45) is 2.08. The van der Waals surface area contributed by atoms with E-state index >= 15 is 0 Å². The zero-order valence-corrected chi connectivity index (χ0v) is 10.2. The van der Waals surface area contributed by atoms with Crippen molar-refractivity contribution in [1.82, 2.24) is 10.1 Å². The van der Waals surface area contributed by atoms with E-state index in [-0.39, 0.29) is 12.3 Å². The molecule has 2 rings (SSSR count). The molecule has 2 aromatic rings. The molecule has 1 aromatic carbocycles. The van der Waals surface area contributed by atoms with Gasteiger partial charge in [-0.05, 0) is 25.0 Å². The molecule has 0 aliphatic carbocycles. The van der Waals surface area contributed by atoms with E-state index in [0.29, 0.717) is 30.1 Å². The van der Waals surface area contributed by atoms with Crippen molar-refractivity contribution < 1.29 is 14.6 Å². The third-order valence-electron chi connectivity index (χ3n) is 2.60. The summed E-state index contributed by atoms with van der Waals surface area (Å²) in [5.41, 5.74) is 0.693. The van der Waals surface area contributed by atoms with Crippen LogP contribution in [0.15, 0.2) is 28.8 Å². The summed E-state index contributed by atoms with van der Waals surface area (Å²) in [5.74, 6) is 0.913. The van der Waals surface area contributed by atoms with E-state index in [1.54, 1.807) is 12.1 Å². The molecule has 0 bridgehead atoms. The van der Waals surface area contributed by atoms with Crippen LogP contribution in [0.5, 0.6) is 0 Å². The molecule has 19 heavy (non-hydrogen) atoms. The lowest BCUT2D eigenvalue weighted by molar-refractivity contribution is -0.384. The monoisotopic (exact) mass is 263 g/mol. The molecule has 1 heterocycles. The number of nitrogens with zero attached hydrogens (tertiary/aromatic N) is 3. The first-order chi connectivity index (χ1) is 9.20. The minimum Gasteiger partial charge on any atom is -0.396 e. The molecule has 0 saturated heterocycles. The highest BCUT2D eigenvalue weighted by atomic mass is 16.6. The zero-order valence-electron chi connectivity index (χ0n) is 10.2. The van der Waals surface area contributed by atoms with Gasteiger partial charge in [-0.1, -0.05) is 5.16 Å². The highest BCUT2D eigenvalue weighted by Crippen LogP contribution is 2.20. The average Bonchev–Trinajstić information content (AvgIpc) is 2.88. The molecule has 100 valence electrons. The molecule has 0 unspecified atom stereocenters. The quantitative estimate of drug-likeness (QED) is 0.485. The van der Waals surface area contributed by atoms with E-state index in [2.05, 4.69) is 10.1 Å². The van der Waals surface area contributed by atoms with Crippen LogP contribution in [-0.4, -0.2) is 26.8 Å². The first-order valence-corrected chi connectivity index (χ1v) is 5.89. The van der Waals surface area contributed by atoms with Gasteiger partial charge in [0.1, 0.15) is 0 Å². The molecule has 0 aliphatic rings. The summed E-state index contributed by atoms with van der Waals surface area (Å²) < 4.78 is 5.07. The average molecular weight is 263 g/mol. The molecule has 7 heteroatoms. The predicted octanol–water partition coefficient (Wildman–Crippen LogP) is 1.96. The summed E-state index contributed by atoms with van der Waals surface area (Å²) in [7, 11) is 0. The second-order valence-corrected chi connectivity index (χ2v) is 4.00. The van der Waals surface area contributed by atoms with E-state index in [1.807, 2.05) is 0 Å². The third-order valence-corrected chi connectivity index (χ3v) is 2.60. The van der Waals surface area contributed by atoms with E-state index in [0.717, 1.165) is 6.42 Å². The number of nitro benzene ring substituents is 1. The van der Waals surface area contributed by atoms with Crippen LogP contribution in [0.25, 0.3) is 11.4 Å².